The summed E-state index contributed by atoms with van der Waals surface area (Å²) in [5.74, 6) is 2.26. The van der Waals surface area contributed by atoms with Gasteiger partial charge in [0.2, 0.25) is 5.91 Å². The SMILES string of the molecule is CCCCCCCCCCCC(=O)N1CCc2nc(C)nc(N3CCCC3)c2C1. The van der Waals surface area contributed by atoms with E-state index in [-0.39, 0.29) is 0 Å². The van der Waals surface area contributed by atoms with Crippen LogP contribution in [0.5, 0.6) is 0 Å². The first kappa shape index (κ1) is 22.0. The van der Waals surface area contributed by atoms with Crippen molar-refractivity contribution in [1.82, 2.24) is 14.9 Å². The molecule has 0 aliphatic carbocycles. The second kappa shape index (κ2) is 11.5. The van der Waals surface area contributed by atoms with Gasteiger partial charge in [-0.2, -0.15) is 0 Å². The summed E-state index contributed by atoms with van der Waals surface area (Å²) in [4.78, 5) is 26.7. The Kier molecular flexibility index (Phi) is 8.75. The van der Waals surface area contributed by atoms with Crippen LogP contribution in [0, 0.1) is 6.92 Å². The van der Waals surface area contributed by atoms with Gasteiger partial charge in [-0.3, -0.25) is 4.79 Å². The number of hydrogen-bond donors (Lipinski definition) is 0. The van der Waals surface area contributed by atoms with Gasteiger partial charge in [-0.1, -0.05) is 58.3 Å². The zero-order valence-electron chi connectivity index (χ0n) is 18.7. The largest absolute Gasteiger partial charge is 0.356 e. The Morgan fingerprint density at radius 1 is 0.897 bits per heavy atom. The molecule has 1 amide bonds. The molecule has 3 rings (SSSR count). The Labute approximate surface area is 177 Å². The van der Waals surface area contributed by atoms with Crippen molar-refractivity contribution in [2.75, 3.05) is 24.5 Å². The van der Waals surface area contributed by atoms with Gasteiger partial charge in [0.15, 0.2) is 0 Å². The van der Waals surface area contributed by atoms with Crippen molar-refractivity contribution < 1.29 is 4.79 Å². The molecule has 2 aliphatic heterocycles. The van der Waals surface area contributed by atoms with Crippen molar-refractivity contribution in [1.29, 1.82) is 0 Å². The van der Waals surface area contributed by atoms with E-state index >= 15 is 0 Å². The summed E-state index contributed by atoms with van der Waals surface area (Å²) in [6.45, 7) is 7.90. The van der Waals surface area contributed by atoms with E-state index in [2.05, 4.69) is 16.8 Å². The molecule has 0 spiro atoms. The maximum absolute atomic E-state index is 12.8. The molecule has 0 aromatic carbocycles. The molecule has 1 saturated heterocycles. The maximum Gasteiger partial charge on any atom is 0.222 e. The van der Waals surface area contributed by atoms with Crippen molar-refractivity contribution in [3.05, 3.63) is 17.1 Å². The number of hydrogen-bond acceptors (Lipinski definition) is 4. The van der Waals surface area contributed by atoms with Crippen molar-refractivity contribution in [2.24, 2.45) is 0 Å². The Bertz CT molecular complexity index is 655. The smallest absolute Gasteiger partial charge is 0.222 e. The maximum atomic E-state index is 12.8. The molecular weight excluding hydrogens is 360 g/mol. The number of amides is 1. The monoisotopic (exact) mass is 400 g/mol. The van der Waals surface area contributed by atoms with E-state index in [4.69, 9.17) is 4.98 Å². The molecule has 5 heteroatoms. The van der Waals surface area contributed by atoms with Crippen LogP contribution >= 0.6 is 0 Å². The van der Waals surface area contributed by atoms with Gasteiger partial charge in [-0.05, 0) is 26.2 Å². The van der Waals surface area contributed by atoms with Crippen LogP contribution in [0.15, 0.2) is 0 Å². The third kappa shape index (κ3) is 6.42. The standard InChI is InChI=1S/C24H40N4O/c1-3-4-5-6-7-8-9-10-11-14-23(29)28-18-15-22-21(19-28)24(26-20(2)25-22)27-16-12-13-17-27/h3-19H2,1-2H3. The molecule has 5 nitrogen and oxygen atoms in total. The summed E-state index contributed by atoms with van der Waals surface area (Å²) in [7, 11) is 0. The minimum absolute atomic E-state index is 0.312. The zero-order chi connectivity index (χ0) is 20.5. The van der Waals surface area contributed by atoms with Gasteiger partial charge < -0.3 is 9.80 Å². The van der Waals surface area contributed by atoms with Crippen LogP contribution in [0.2, 0.25) is 0 Å². The van der Waals surface area contributed by atoms with Crippen molar-refractivity contribution in [3.8, 4) is 0 Å². The highest BCUT2D eigenvalue weighted by Crippen LogP contribution is 2.29. The summed E-state index contributed by atoms with van der Waals surface area (Å²) in [5, 5.41) is 0. The predicted molar refractivity (Wildman–Crippen MR) is 119 cm³/mol. The van der Waals surface area contributed by atoms with Gasteiger partial charge in [0.25, 0.3) is 0 Å². The van der Waals surface area contributed by atoms with Crippen molar-refractivity contribution in [2.45, 2.75) is 104 Å². The summed E-state index contributed by atoms with van der Waals surface area (Å²) in [6, 6.07) is 0. The van der Waals surface area contributed by atoms with Crippen LogP contribution in [0.1, 0.15) is 101 Å². The Hall–Kier alpha value is -1.65. The highest BCUT2D eigenvalue weighted by molar-refractivity contribution is 5.76. The topological polar surface area (TPSA) is 49.3 Å². The number of carbonyl (C=O) groups excluding carboxylic acids is 1. The van der Waals surface area contributed by atoms with E-state index in [1.807, 2.05) is 11.8 Å². The number of anilines is 1. The van der Waals surface area contributed by atoms with Gasteiger partial charge >= 0.3 is 0 Å². The molecule has 3 heterocycles. The minimum atomic E-state index is 0.312. The summed E-state index contributed by atoms with van der Waals surface area (Å²) in [6.07, 6.45) is 15.6. The number of aryl methyl sites for hydroxylation is 1. The third-order valence-electron chi connectivity index (χ3n) is 6.40. The fourth-order valence-electron chi connectivity index (χ4n) is 4.67. The van der Waals surface area contributed by atoms with E-state index in [0.29, 0.717) is 18.9 Å². The molecule has 0 atom stereocenters. The molecule has 0 bridgehead atoms. The average Bonchev–Trinajstić information content (AvgIpc) is 3.26. The molecule has 2 aliphatic rings. The van der Waals surface area contributed by atoms with E-state index < -0.39 is 0 Å². The van der Waals surface area contributed by atoms with Gasteiger partial charge in [0.05, 0.1) is 12.2 Å². The van der Waals surface area contributed by atoms with E-state index in [0.717, 1.165) is 49.8 Å². The molecular formula is C24H40N4O. The molecule has 0 radical (unpaired) electrons. The summed E-state index contributed by atoms with van der Waals surface area (Å²) >= 11 is 0. The van der Waals surface area contributed by atoms with E-state index in [1.165, 1.54) is 69.8 Å². The number of aromatic nitrogens is 2. The van der Waals surface area contributed by atoms with Crippen LogP contribution < -0.4 is 4.90 Å². The van der Waals surface area contributed by atoms with E-state index in [1.54, 1.807) is 0 Å². The number of fused-ring (bicyclic) bond motifs is 1. The fraction of sp³-hybridized carbons (Fsp3) is 0.792. The lowest BCUT2D eigenvalue weighted by Gasteiger charge is -2.31. The third-order valence-corrected chi connectivity index (χ3v) is 6.40. The molecule has 1 aromatic heterocycles. The first-order valence-corrected chi connectivity index (χ1v) is 12.1. The summed E-state index contributed by atoms with van der Waals surface area (Å²) < 4.78 is 0. The second-order valence-electron chi connectivity index (χ2n) is 8.86. The Morgan fingerprint density at radius 2 is 1.55 bits per heavy atom. The first-order valence-electron chi connectivity index (χ1n) is 12.1. The minimum Gasteiger partial charge on any atom is -0.356 e. The second-order valence-corrected chi connectivity index (χ2v) is 8.86. The van der Waals surface area contributed by atoms with E-state index in [9.17, 15) is 4.79 Å². The molecule has 1 aromatic rings. The van der Waals surface area contributed by atoms with Crippen LogP contribution in [-0.4, -0.2) is 40.4 Å². The van der Waals surface area contributed by atoms with Gasteiger partial charge in [0, 0.05) is 38.0 Å². The highest BCUT2D eigenvalue weighted by Gasteiger charge is 2.27. The molecule has 0 N–H and O–H groups in total. The molecule has 29 heavy (non-hydrogen) atoms. The van der Waals surface area contributed by atoms with Gasteiger partial charge in [-0.15, -0.1) is 0 Å². The van der Waals surface area contributed by atoms with Crippen LogP contribution in [0.25, 0.3) is 0 Å². The quantitative estimate of drug-likeness (QED) is 0.480. The highest BCUT2D eigenvalue weighted by atomic mass is 16.2. The fourth-order valence-corrected chi connectivity index (χ4v) is 4.67. The number of carbonyl (C=O) groups is 1. The van der Waals surface area contributed by atoms with Gasteiger partial charge in [0.1, 0.15) is 11.6 Å². The van der Waals surface area contributed by atoms with Crippen LogP contribution in [0.4, 0.5) is 5.82 Å². The average molecular weight is 401 g/mol. The normalized spacial score (nSPS) is 16.3. The van der Waals surface area contributed by atoms with Crippen molar-refractivity contribution >= 4 is 11.7 Å². The predicted octanol–water partition coefficient (Wildman–Crippen LogP) is 5.19. The van der Waals surface area contributed by atoms with Gasteiger partial charge in [-0.25, -0.2) is 9.97 Å². The number of unbranched alkanes of at least 4 members (excludes halogenated alkanes) is 8. The number of rotatable bonds is 11. The Balaban J connectivity index is 1.43. The summed E-state index contributed by atoms with van der Waals surface area (Å²) in [5.41, 5.74) is 2.36. The van der Waals surface area contributed by atoms with Crippen LogP contribution in [0.3, 0.4) is 0 Å². The zero-order valence-corrected chi connectivity index (χ0v) is 18.7. The first-order chi connectivity index (χ1) is 14.2. The number of nitrogens with zero attached hydrogens (tertiary/aromatic N) is 4. The Morgan fingerprint density at radius 3 is 2.24 bits per heavy atom. The molecule has 0 unspecified atom stereocenters. The lowest BCUT2D eigenvalue weighted by Crippen LogP contribution is -2.38. The lowest BCUT2D eigenvalue weighted by molar-refractivity contribution is -0.132. The molecule has 162 valence electrons. The lowest BCUT2D eigenvalue weighted by atomic mass is 10.0. The van der Waals surface area contributed by atoms with Crippen LogP contribution in [-0.2, 0) is 17.8 Å². The molecule has 1 fully saturated rings. The van der Waals surface area contributed by atoms with Crippen molar-refractivity contribution in [3.63, 3.8) is 0 Å². The molecule has 0 saturated carbocycles.